The highest BCUT2D eigenvalue weighted by atomic mass is 79.9. The molecule has 37 heavy (non-hydrogen) atoms. The van der Waals surface area contributed by atoms with Gasteiger partial charge in [-0.1, -0.05) is 34.1 Å². The molecule has 0 spiro atoms. The Morgan fingerprint density at radius 3 is 2.43 bits per heavy atom. The number of nitrogens with one attached hydrogen (secondary N) is 1. The average Bonchev–Trinajstić information content (AvgIpc) is 3.28. The second-order valence-corrected chi connectivity index (χ2v) is 10.2. The lowest BCUT2D eigenvalue weighted by molar-refractivity contribution is -0.137. The van der Waals surface area contributed by atoms with Crippen LogP contribution in [-0.4, -0.2) is 36.9 Å². The Balaban J connectivity index is 1.73. The van der Waals surface area contributed by atoms with E-state index in [1.165, 1.54) is 42.1 Å². The molecule has 194 valence electrons. The molecule has 13 heteroatoms. The molecule has 1 N–H and O–H groups in total. The van der Waals surface area contributed by atoms with Crippen LogP contribution in [0.15, 0.2) is 76.1 Å². The third-order valence-corrected chi connectivity index (χ3v) is 6.99. The maximum absolute atomic E-state index is 13.1. The molecular weight excluding hydrogens is 577 g/mol. The quantitative estimate of drug-likeness (QED) is 0.271. The van der Waals surface area contributed by atoms with Gasteiger partial charge in [0.25, 0.3) is 10.0 Å². The zero-order valence-electron chi connectivity index (χ0n) is 19.5. The van der Waals surface area contributed by atoms with E-state index in [2.05, 4.69) is 30.7 Å². The number of rotatable bonds is 8. The minimum Gasteiger partial charge on any atom is -0.495 e. The maximum Gasteiger partial charge on any atom is 0.416 e. The highest BCUT2D eigenvalue weighted by Crippen LogP contribution is 2.33. The molecule has 0 bridgehead atoms. The summed E-state index contributed by atoms with van der Waals surface area (Å²) in [6, 6.07) is 15.4. The Hall–Kier alpha value is -3.58. The van der Waals surface area contributed by atoms with E-state index in [0.29, 0.717) is 15.7 Å². The van der Waals surface area contributed by atoms with Crippen LogP contribution in [-0.2, 0) is 16.2 Å². The molecule has 0 fully saturated rings. The Labute approximate surface area is 219 Å². The molecular formula is C24H20BrF3N4O4S. The number of halogens is 4. The summed E-state index contributed by atoms with van der Waals surface area (Å²) in [5.41, 5.74) is 0.171. The van der Waals surface area contributed by atoms with Crippen molar-refractivity contribution in [1.82, 2.24) is 14.8 Å². The molecule has 0 aliphatic rings. The van der Waals surface area contributed by atoms with Crippen LogP contribution in [0.1, 0.15) is 12.5 Å². The monoisotopic (exact) mass is 596 g/mol. The molecule has 0 saturated carbocycles. The molecule has 0 aliphatic carbocycles. The number of aromatic nitrogens is 3. The lowest BCUT2D eigenvalue weighted by Crippen LogP contribution is -2.14. The minimum absolute atomic E-state index is 0.0160. The molecule has 1 aromatic heterocycles. The van der Waals surface area contributed by atoms with Crippen LogP contribution in [0.5, 0.6) is 11.8 Å². The van der Waals surface area contributed by atoms with Crippen molar-refractivity contribution in [3.63, 3.8) is 0 Å². The summed E-state index contributed by atoms with van der Waals surface area (Å²) in [5, 5.41) is 4.31. The number of hydrogen-bond donors (Lipinski definition) is 1. The minimum atomic E-state index is -4.48. The predicted molar refractivity (Wildman–Crippen MR) is 134 cm³/mol. The van der Waals surface area contributed by atoms with E-state index >= 15 is 0 Å². The van der Waals surface area contributed by atoms with Crippen molar-refractivity contribution in [3.05, 3.63) is 76.8 Å². The van der Waals surface area contributed by atoms with E-state index in [-0.39, 0.29) is 34.8 Å². The largest absolute Gasteiger partial charge is 0.495 e. The molecule has 3 aromatic carbocycles. The van der Waals surface area contributed by atoms with Gasteiger partial charge in [0.05, 0.1) is 30.7 Å². The van der Waals surface area contributed by atoms with Gasteiger partial charge in [-0.15, -0.1) is 5.10 Å². The zero-order valence-corrected chi connectivity index (χ0v) is 21.9. The summed E-state index contributed by atoms with van der Waals surface area (Å²) < 4.78 is 80.3. The van der Waals surface area contributed by atoms with Gasteiger partial charge in [0, 0.05) is 10.0 Å². The standard InChI is InChI=1S/C24H20BrF3N4O4S/c1-3-36-23-29-22(15-7-9-16(10-8-15)24(26,27)28)32(30-23)19-6-4-5-18(14-19)31-37(33,34)21-13-17(25)11-12-20(21)35-2/h4-14,31H,3H2,1-2H3. The first-order chi connectivity index (χ1) is 17.5. The zero-order chi connectivity index (χ0) is 26.8. The number of benzene rings is 3. The Morgan fingerprint density at radius 1 is 1.05 bits per heavy atom. The third kappa shape index (κ3) is 5.88. The summed E-state index contributed by atoms with van der Waals surface area (Å²) in [5.74, 6) is 0.375. The van der Waals surface area contributed by atoms with Crippen LogP contribution in [0, 0.1) is 0 Å². The van der Waals surface area contributed by atoms with Crippen molar-refractivity contribution in [2.45, 2.75) is 18.0 Å². The van der Waals surface area contributed by atoms with Crippen LogP contribution >= 0.6 is 15.9 Å². The first-order valence-electron chi connectivity index (χ1n) is 10.8. The molecule has 8 nitrogen and oxygen atoms in total. The van der Waals surface area contributed by atoms with E-state index < -0.39 is 21.8 Å². The lowest BCUT2D eigenvalue weighted by atomic mass is 10.1. The second-order valence-electron chi connectivity index (χ2n) is 7.59. The van der Waals surface area contributed by atoms with Crippen molar-refractivity contribution in [2.24, 2.45) is 0 Å². The van der Waals surface area contributed by atoms with E-state index in [4.69, 9.17) is 9.47 Å². The first-order valence-corrected chi connectivity index (χ1v) is 13.0. The Kier molecular flexibility index (Phi) is 7.46. The first kappa shape index (κ1) is 26.5. The van der Waals surface area contributed by atoms with Crippen molar-refractivity contribution < 1.29 is 31.1 Å². The van der Waals surface area contributed by atoms with Gasteiger partial charge in [0.15, 0.2) is 5.82 Å². The van der Waals surface area contributed by atoms with Gasteiger partial charge in [-0.05, 0) is 55.5 Å². The van der Waals surface area contributed by atoms with Crippen LogP contribution < -0.4 is 14.2 Å². The van der Waals surface area contributed by atoms with Crippen LogP contribution in [0.3, 0.4) is 0 Å². The van der Waals surface area contributed by atoms with Gasteiger partial charge in [-0.25, -0.2) is 13.1 Å². The summed E-state index contributed by atoms with van der Waals surface area (Å²) in [6.45, 7) is 2.01. The van der Waals surface area contributed by atoms with Gasteiger partial charge in [0.1, 0.15) is 10.6 Å². The smallest absolute Gasteiger partial charge is 0.416 e. The predicted octanol–water partition coefficient (Wildman–Crippen LogP) is 5.92. The van der Waals surface area contributed by atoms with Gasteiger partial charge in [0.2, 0.25) is 0 Å². The molecule has 4 rings (SSSR count). The Morgan fingerprint density at radius 2 is 1.78 bits per heavy atom. The summed E-state index contributed by atoms with van der Waals surface area (Å²) in [7, 11) is -2.68. The average molecular weight is 597 g/mol. The van der Waals surface area contributed by atoms with Crippen LogP contribution in [0.4, 0.5) is 18.9 Å². The van der Waals surface area contributed by atoms with Crippen molar-refractivity contribution in [1.29, 1.82) is 0 Å². The van der Waals surface area contributed by atoms with E-state index in [1.54, 1.807) is 31.2 Å². The fraction of sp³-hybridized carbons (Fsp3) is 0.167. The summed E-state index contributed by atoms with van der Waals surface area (Å²) >= 11 is 3.27. The molecule has 0 saturated heterocycles. The van der Waals surface area contributed by atoms with Gasteiger partial charge in [-0.3, -0.25) is 4.72 Å². The Bertz CT molecular complexity index is 1520. The van der Waals surface area contributed by atoms with Crippen LogP contribution in [0.25, 0.3) is 17.1 Å². The highest BCUT2D eigenvalue weighted by Gasteiger charge is 2.30. The number of ether oxygens (including phenoxy) is 2. The molecule has 0 radical (unpaired) electrons. The number of anilines is 1. The molecule has 0 atom stereocenters. The molecule has 0 aliphatic heterocycles. The topological polar surface area (TPSA) is 95.3 Å². The summed E-state index contributed by atoms with van der Waals surface area (Å²) in [6.07, 6.45) is -4.48. The van der Waals surface area contributed by atoms with E-state index in [9.17, 15) is 21.6 Å². The lowest BCUT2D eigenvalue weighted by Gasteiger charge is -2.13. The number of alkyl halides is 3. The molecule has 0 unspecified atom stereocenters. The number of hydrogen-bond acceptors (Lipinski definition) is 6. The SMILES string of the molecule is CCOc1nc(-c2ccc(C(F)(F)F)cc2)n(-c2cccc(NS(=O)(=O)c3cc(Br)ccc3OC)c2)n1. The second kappa shape index (κ2) is 10.4. The normalized spacial score (nSPS) is 11.8. The van der Waals surface area contributed by atoms with Crippen molar-refractivity contribution in [2.75, 3.05) is 18.4 Å². The fourth-order valence-corrected chi connectivity index (χ4v) is 5.19. The molecule has 0 amide bonds. The van der Waals surface area contributed by atoms with Crippen LogP contribution in [0.2, 0.25) is 0 Å². The van der Waals surface area contributed by atoms with Crippen molar-refractivity contribution >= 4 is 31.6 Å². The number of methoxy groups -OCH3 is 1. The maximum atomic E-state index is 13.1. The van der Waals surface area contributed by atoms with E-state index in [1.807, 2.05) is 0 Å². The molecule has 1 heterocycles. The van der Waals surface area contributed by atoms with Gasteiger partial charge < -0.3 is 9.47 Å². The fourth-order valence-electron chi connectivity index (χ4n) is 3.43. The third-order valence-electron chi connectivity index (χ3n) is 5.09. The van der Waals surface area contributed by atoms with Gasteiger partial charge >= 0.3 is 12.2 Å². The highest BCUT2D eigenvalue weighted by molar-refractivity contribution is 9.10. The number of sulfonamides is 1. The summed E-state index contributed by atoms with van der Waals surface area (Å²) in [4.78, 5) is 4.24. The van der Waals surface area contributed by atoms with Crippen molar-refractivity contribution in [3.8, 4) is 28.8 Å². The molecule has 4 aromatic rings. The van der Waals surface area contributed by atoms with Gasteiger partial charge in [-0.2, -0.15) is 18.2 Å². The van der Waals surface area contributed by atoms with E-state index in [0.717, 1.165) is 12.1 Å². The number of nitrogens with zero attached hydrogens (tertiary/aromatic N) is 3.